The largest absolute Gasteiger partial charge is 0.493 e. The third-order valence-electron chi connectivity index (χ3n) is 6.02. The smallest absolute Gasteiger partial charge is 0.325 e. The number of amides is 3. The summed E-state index contributed by atoms with van der Waals surface area (Å²) in [6.45, 7) is 0.861. The molecule has 0 bridgehead atoms. The summed E-state index contributed by atoms with van der Waals surface area (Å²) in [5.41, 5.74) is 2.72. The first-order valence-corrected chi connectivity index (χ1v) is 12.0. The number of nitrogens with zero attached hydrogens (tertiary/aromatic N) is 1. The van der Waals surface area contributed by atoms with E-state index in [4.69, 9.17) is 18.9 Å². The van der Waals surface area contributed by atoms with E-state index in [-0.39, 0.29) is 19.4 Å². The van der Waals surface area contributed by atoms with E-state index in [1.165, 1.54) is 0 Å². The van der Waals surface area contributed by atoms with Gasteiger partial charge in [-0.25, -0.2) is 4.79 Å². The molecule has 1 aromatic heterocycles. The highest BCUT2D eigenvalue weighted by atomic mass is 32.1. The number of benzene rings is 2. The maximum absolute atomic E-state index is 12.9. The van der Waals surface area contributed by atoms with Crippen LogP contribution in [-0.2, 0) is 11.2 Å². The Hall–Kier alpha value is -3.76. The number of hydrogen-bond acceptors (Lipinski definition) is 8. The van der Waals surface area contributed by atoms with E-state index in [2.05, 4.69) is 21.6 Å². The summed E-state index contributed by atoms with van der Waals surface area (Å²) < 4.78 is 21.6. The molecule has 0 radical (unpaired) electrons. The van der Waals surface area contributed by atoms with E-state index < -0.39 is 11.9 Å². The molecule has 0 fully saturated rings. The van der Waals surface area contributed by atoms with Crippen LogP contribution in [0.4, 0.5) is 10.5 Å². The lowest BCUT2D eigenvalue weighted by Gasteiger charge is -2.36. The van der Waals surface area contributed by atoms with E-state index in [1.807, 2.05) is 23.6 Å². The molecule has 35 heavy (non-hydrogen) atoms. The first-order valence-electron chi connectivity index (χ1n) is 11.1. The summed E-state index contributed by atoms with van der Waals surface area (Å²) in [5, 5.41) is 7.11. The number of hydrogen-bond donors (Lipinski definition) is 2. The van der Waals surface area contributed by atoms with Gasteiger partial charge in [0.05, 0.1) is 26.8 Å². The fourth-order valence-corrected chi connectivity index (χ4v) is 5.31. The Bertz CT molecular complexity index is 1250. The SMILES string of the molecule is COc1cc2c(cc1OC)C(c1cccs1)N(CC(=O)NC(=O)Nc1ccc3c(c1)OCO3)CC2. The predicted octanol–water partition coefficient (Wildman–Crippen LogP) is 3.79. The zero-order valence-corrected chi connectivity index (χ0v) is 20.1. The van der Waals surface area contributed by atoms with Crippen molar-refractivity contribution in [2.24, 2.45) is 0 Å². The van der Waals surface area contributed by atoms with Crippen LogP contribution < -0.4 is 29.6 Å². The van der Waals surface area contributed by atoms with E-state index >= 15 is 0 Å². The molecule has 2 aromatic carbocycles. The van der Waals surface area contributed by atoms with E-state index in [1.54, 1.807) is 43.8 Å². The van der Waals surface area contributed by atoms with Gasteiger partial charge in [-0.2, -0.15) is 0 Å². The lowest BCUT2D eigenvalue weighted by molar-refractivity contribution is -0.121. The van der Waals surface area contributed by atoms with Gasteiger partial charge in [0.25, 0.3) is 0 Å². The Balaban J connectivity index is 1.31. The van der Waals surface area contributed by atoms with Gasteiger partial charge in [-0.15, -0.1) is 11.3 Å². The molecule has 3 amide bonds. The molecule has 0 saturated heterocycles. The summed E-state index contributed by atoms with van der Waals surface area (Å²) in [6, 6.07) is 12.3. The van der Waals surface area contributed by atoms with Crippen molar-refractivity contribution in [1.82, 2.24) is 10.2 Å². The second-order valence-electron chi connectivity index (χ2n) is 8.11. The monoisotopic (exact) mass is 495 g/mol. The summed E-state index contributed by atoms with van der Waals surface area (Å²) >= 11 is 1.63. The number of urea groups is 1. The average molecular weight is 496 g/mol. The van der Waals surface area contributed by atoms with Gasteiger partial charge in [0.2, 0.25) is 12.7 Å². The number of carbonyl (C=O) groups excluding carboxylic acids is 2. The molecule has 0 spiro atoms. The van der Waals surface area contributed by atoms with Crippen LogP contribution in [0.2, 0.25) is 0 Å². The van der Waals surface area contributed by atoms with Crippen LogP contribution in [0.15, 0.2) is 47.8 Å². The van der Waals surface area contributed by atoms with Crippen molar-refractivity contribution in [3.63, 3.8) is 0 Å². The highest BCUT2D eigenvalue weighted by Gasteiger charge is 2.32. The van der Waals surface area contributed by atoms with Crippen LogP contribution >= 0.6 is 11.3 Å². The molecule has 2 N–H and O–H groups in total. The summed E-state index contributed by atoms with van der Waals surface area (Å²) in [5.74, 6) is 2.09. The molecule has 3 heterocycles. The van der Waals surface area contributed by atoms with Gasteiger partial charge in [-0.05, 0) is 53.3 Å². The van der Waals surface area contributed by atoms with Crippen molar-refractivity contribution < 1.29 is 28.5 Å². The lowest BCUT2D eigenvalue weighted by Crippen LogP contribution is -2.45. The van der Waals surface area contributed by atoms with Crippen molar-refractivity contribution >= 4 is 29.0 Å². The number of fused-ring (bicyclic) bond motifs is 2. The number of anilines is 1. The van der Waals surface area contributed by atoms with Gasteiger partial charge >= 0.3 is 6.03 Å². The number of nitrogens with one attached hydrogen (secondary N) is 2. The first kappa shape index (κ1) is 23.0. The number of imide groups is 1. The first-order chi connectivity index (χ1) is 17.1. The maximum atomic E-state index is 12.9. The van der Waals surface area contributed by atoms with Gasteiger partial charge in [0, 0.05) is 23.2 Å². The van der Waals surface area contributed by atoms with Crippen LogP contribution in [0.5, 0.6) is 23.0 Å². The van der Waals surface area contributed by atoms with Crippen molar-refractivity contribution in [2.45, 2.75) is 12.5 Å². The molecule has 0 saturated carbocycles. The second-order valence-corrected chi connectivity index (χ2v) is 9.09. The van der Waals surface area contributed by atoms with Crippen LogP contribution in [0, 0.1) is 0 Å². The molecule has 10 heteroatoms. The van der Waals surface area contributed by atoms with Gasteiger partial charge in [0.15, 0.2) is 23.0 Å². The van der Waals surface area contributed by atoms with Crippen molar-refractivity contribution in [2.75, 3.05) is 39.4 Å². The number of rotatable bonds is 6. The third-order valence-corrected chi connectivity index (χ3v) is 6.94. The molecule has 3 aromatic rings. The molecule has 5 rings (SSSR count). The van der Waals surface area contributed by atoms with Gasteiger partial charge in [0.1, 0.15) is 0 Å². The number of ether oxygens (including phenoxy) is 4. The maximum Gasteiger partial charge on any atom is 0.325 e. The molecule has 2 aliphatic rings. The van der Waals surface area contributed by atoms with Gasteiger partial charge in [-0.3, -0.25) is 15.0 Å². The quantitative estimate of drug-likeness (QED) is 0.537. The molecular formula is C25H25N3O6S. The Labute approximate surface area is 206 Å². The standard InChI is InChI=1S/C25H25N3O6S/c1-31-19-10-15-7-8-28(24(22-4-3-9-35-22)17(15)12-20(19)32-2)13-23(29)27-25(30)26-16-5-6-18-21(11-16)34-14-33-18/h3-6,9-12,24H,7-8,13-14H2,1-2H3,(H2,26,27,29,30). The Morgan fingerprint density at radius 2 is 1.89 bits per heavy atom. The molecular weight excluding hydrogens is 470 g/mol. The van der Waals surface area contributed by atoms with E-state index in [0.29, 0.717) is 35.2 Å². The highest BCUT2D eigenvalue weighted by molar-refractivity contribution is 7.10. The number of thiophene rings is 1. The van der Waals surface area contributed by atoms with Crippen LogP contribution in [0.25, 0.3) is 0 Å². The zero-order valence-electron chi connectivity index (χ0n) is 19.3. The normalized spacial score (nSPS) is 16.3. The second kappa shape index (κ2) is 9.85. The number of carbonyl (C=O) groups is 2. The number of methoxy groups -OCH3 is 2. The fraction of sp³-hybridized carbons (Fsp3) is 0.280. The molecule has 2 aliphatic heterocycles. The van der Waals surface area contributed by atoms with Crippen LogP contribution in [0.1, 0.15) is 22.0 Å². The average Bonchev–Trinajstić information content (AvgIpc) is 3.54. The fourth-order valence-electron chi connectivity index (χ4n) is 4.44. The summed E-state index contributed by atoms with van der Waals surface area (Å²) in [4.78, 5) is 28.5. The summed E-state index contributed by atoms with van der Waals surface area (Å²) in [7, 11) is 3.23. The van der Waals surface area contributed by atoms with Gasteiger partial charge < -0.3 is 24.3 Å². The topological polar surface area (TPSA) is 98.4 Å². The van der Waals surface area contributed by atoms with Crippen molar-refractivity contribution in [3.05, 3.63) is 63.8 Å². The molecule has 182 valence electrons. The van der Waals surface area contributed by atoms with Crippen LogP contribution in [-0.4, -0.2) is 50.9 Å². The Kier molecular flexibility index (Phi) is 6.47. The molecule has 1 atom stereocenters. The van der Waals surface area contributed by atoms with Crippen molar-refractivity contribution in [3.8, 4) is 23.0 Å². The minimum absolute atomic E-state index is 0.0604. The highest BCUT2D eigenvalue weighted by Crippen LogP contribution is 2.42. The minimum Gasteiger partial charge on any atom is -0.493 e. The Morgan fingerprint density at radius 1 is 1.09 bits per heavy atom. The minimum atomic E-state index is -0.606. The third kappa shape index (κ3) is 4.75. The van der Waals surface area contributed by atoms with E-state index in [0.717, 1.165) is 22.4 Å². The predicted molar refractivity (Wildman–Crippen MR) is 131 cm³/mol. The van der Waals surface area contributed by atoms with Gasteiger partial charge in [-0.1, -0.05) is 6.07 Å². The van der Waals surface area contributed by atoms with Crippen molar-refractivity contribution in [1.29, 1.82) is 0 Å². The Morgan fingerprint density at radius 3 is 2.66 bits per heavy atom. The molecule has 0 aliphatic carbocycles. The van der Waals surface area contributed by atoms with Crippen LogP contribution in [0.3, 0.4) is 0 Å². The molecule has 1 unspecified atom stereocenters. The zero-order chi connectivity index (χ0) is 24.4. The summed E-state index contributed by atoms with van der Waals surface area (Å²) in [6.07, 6.45) is 0.744. The molecule has 9 nitrogen and oxygen atoms in total. The lowest BCUT2D eigenvalue weighted by atomic mass is 9.91. The van der Waals surface area contributed by atoms with E-state index in [9.17, 15) is 9.59 Å².